The number of aliphatic hydroxyl groups is 1. The van der Waals surface area contributed by atoms with Crippen molar-refractivity contribution in [1.29, 1.82) is 0 Å². The van der Waals surface area contributed by atoms with Gasteiger partial charge in [0.05, 0.1) is 16.1 Å². The molecule has 0 radical (unpaired) electrons. The molecule has 1 saturated heterocycles. The Bertz CT molecular complexity index is 571. The number of rotatable bonds is 2. The van der Waals surface area contributed by atoms with Gasteiger partial charge in [-0.3, -0.25) is 0 Å². The van der Waals surface area contributed by atoms with Gasteiger partial charge in [0.1, 0.15) is 4.90 Å². The highest BCUT2D eigenvalue weighted by atomic mass is 79.9. The number of benzene rings is 1. The van der Waals surface area contributed by atoms with Gasteiger partial charge in [-0.1, -0.05) is 39.1 Å². The number of β-amino-alcohol motifs (C(OH)–C–C–N with tert-alkyl or cyclic N) is 1. The molecular formula is C11H12BrCl2NO3S. The summed E-state index contributed by atoms with van der Waals surface area (Å²) in [5.74, 6) is 0. The quantitative estimate of drug-likeness (QED) is 0.847. The highest BCUT2D eigenvalue weighted by Crippen LogP contribution is 2.35. The minimum absolute atomic E-state index is 0.0689. The van der Waals surface area contributed by atoms with Crippen molar-refractivity contribution in [3.05, 3.63) is 26.7 Å². The van der Waals surface area contributed by atoms with Crippen LogP contribution in [0.3, 0.4) is 0 Å². The van der Waals surface area contributed by atoms with Crippen LogP contribution in [0.15, 0.2) is 21.5 Å². The van der Waals surface area contributed by atoms with Gasteiger partial charge in [0.2, 0.25) is 10.0 Å². The first kappa shape index (κ1) is 15.5. The van der Waals surface area contributed by atoms with Crippen molar-refractivity contribution in [3.8, 4) is 0 Å². The summed E-state index contributed by atoms with van der Waals surface area (Å²) in [6.07, 6.45) is 0.580. The van der Waals surface area contributed by atoms with Gasteiger partial charge in [-0.15, -0.1) is 0 Å². The fraction of sp³-hybridized carbons (Fsp3) is 0.455. The first-order valence-electron chi connectivity index (χ1n) is 5.65. The second-order valence-corrected chi connectivity index (χ2v) is 7.96. The van der Waals surface area contributed by atoms with Crippen LogP contribution >= 0.6 is 39.1 Å². The molecule has 0 amide bonds. The van der Waals surface area contributed by atoms with Crippen molar-refractivity contribution in [3.63, 3.8) is 0 Å². The van der Waals surface area contributed by atoms with Gasteiger partial charge in [0.15, 0.2) is 0 Å². The molecule has 4 nitrogen and oxygen atoms in total. The van der Waals surface area contributed by atoms with E-state index in [-0.39, 0.29) is 21.5 Å². The summed E-state index contributed by atoms with van der Waals surface area (Å²) in [5.41, 5.74) is 0. The monoisotopic (exact) mass is 387 g/mol. The zero-order chi connectivity index (χ0) is 14.2. The SMILES string of the molecule is O=S(=O)(c1c(Cl)cc(Br)cc1Cl)N1CCC[C@H](O)C1. The van der Waals surface area contributed by atoms with Crippen LogP contribution in [0.2, 0.25) is 10.0 Å². The third-order valence-electron chi connectivity index (χ3n) is 2.92. The number of hydrogen-bond acceptors (Lipinski definition) is 3. The molecule has 0 unspecified atom stereocenters. The molecule has 1 heterocycles. The Labute approximate surface area is 130 Å². The minimum atomic E-state index is -3.78. The second-order valence-electron chi connectivity index (χ2n) is 4.36. The molecule has 1 aromatic carbocycles. The van der Waals surface area contributed by atoms with Gasteiger partial charge in [0.25, 0.3) is 0 Å². The number of sulfonamides is 1. The van der Waals surface area contributed by atoms with Crippen molar-refractivity contribution in [1.82, 2.24) is 4.31 Å². The lowest BCUT2D eigenvalue weighted by atomic mass is 10.1. The third kappa shape index (κ3) is 3.25. The van der Waals surface area contributed by atoms with E-state index >= 15 is 0 Å². The molecule has 1 aliphatic rings. The van der Waals surface area contributed by atoms with Gasteiger partial charge in [-0.05, 0) is 25.0 Å². The Morgan fingerprint density at radius 3 is 2.42 bits per heavy atom. The Morgan fingerprint density at radius 1 is 1.32 bits per heavy atom. The fourth-order valence-corrected chi connectivity index (χ4v) is 5.44. The van der Waals surface area contributed by atoms with Crippen LogP contribution in [0.5, 0.6) is 0 Å². The summed E-state index contributed by atoms with van der Waals surface area (Å²) in [6, 6.07) is 2.97. The molecule has 0 aliphatic carbocycles. The van der Waals surface area contributed by atoms with Crippen LogP contribution in [0.1, 0.15) is 12.8 Å². The van der Waals surface area contributed by atoms with Crippen LogP contribution in [-0.2, 0) is 10.0 Å². The van der Waals surface area contributed by atoms with E-state index in [2.05, 4.69) is 15.9 Å². The van der Waals surface area contributed by atoms with E-state index in [1.165, 1.54) is 16.4 Å². The molecule has 1 aliphatic heterocycles. The predicted molar refractivity (Wildman–Crippen MR) is 78.2 cm³/mol. The topological polar surface area (TPSA) is 57.6 Å². The van der Waals surface area contributed by atoms with Crippen LogP contribution < -0.4 is 0 Å². The number of halogens is 3. The summed E-state index contributed by atoms with van der Waals surface area (Å²) < 4.78 is 26.9. The Morgan fingerprint density at radius 2 is 1.89 bits per heavy atom. The Balaban J connectivity index is 2.45. The van der Waals surface area contributed by atoms with Crippen molar-refractivity contribution in [2.45, 2.75) is 23.8 Å². The molecule has 0 aromatic heterocycles. The van der Waals surface area contributed by atoms with E-state index in [1.807, 2.05) is 0 Å². The lowest BCUT2D eigenvalue weighted by Gasteiger charge is -2.29. The first-order chi connectivity index (χ1) is 8.82. The van der Waals surface area contributed by atoms with Crippen LogP contribution in [0, 0.1) is 0 Å². The maximum absolute atomic E-state index is 12.5. The van der Waals surface area contributed by atoms with Gasteiger partial charge in [-0.2, -0.15) is 4.31 Å². The molecule has 0 bridgehead atoms. The Hall–Kier alpha value is 0.150. The fourth-order valence-electron chi connectivity index (χ4n) is 2.04. The molecular weight excluding hydrogens is 377 g/mol. The molecule has 2 rings (SSSR count). The van der Waals surface area contributed by atoms with E-state index < -0.39 is 16.1 Å². The zero-order valence-corrected chi connectivity index (χ0v) is 13.7. The van der Waals surface area contributed by atoms with Gasteiger partial charge in [-0.25, -0.2) is 8.42 Å². The Kier molecular flexibility index (Phi) is 4.80. The third-order valence-corrected chi connectivity index (χ3v) is 6.17. The number of nitrogens with zero attached hydrogens (tertiary/aromatic N) is 1. The molecule has 106 valence electrons. The number of hydrogen-bond donors (Lipinski definition) is 1. The van der Waals surface area contributed by atoms with E-state index in [0.29, 0.717) is 23.9 Å². The van der Waals surface area contributed by atoms with Crippen molar-refractivity contribution in [2.75, 3.05) is 13.1 Å². The summed E-state index contributed by atoms with van der Waals surface area (Å²) in [4.78, 5) is -0.104. The lowest BCUT2D eigenvalue weighted by molar-refractivity contribution is 0.108. The smallest absolute Gasteiger partial charge is 0.246 e. The second kappa shape index (κ2) is 5.87. The summed E-state index contributed by atoms with van der Waals surface area (Å²) in [7, 11) is -3.78. The van der Waals surface area contributed by atoms with E-state index in [9.17, 15) is 13.5 Å². The van der Waals surface area contributed by atoms with Crippen molar-refractivity contribution >= 4 is 49.2 Å². The van der Waals surface area contributed by atoms with Gasteiger partial charge >= 0.3 is 0 Å². The largest absolute Gasteiger partial charge is 0.392 e. The number of piperidine rings is 1. The molecule has 8 heteroatoms. The van der Waals surface area contributed by atoms with E-state index in [1.54, 1.807) is 0 Å². The summed E-state index contributed by atoms with van der Waals surface area (Å²) in [5, 5.41) is 9.73. The first-order valence-corrected chi connectivity index (χ1v) is 8.64. The standard InChI is InChI=1S/C11H12BrCl2NO3S/c12-7-4-9(13)11(10(14)5-7)19(17,18)15-3-1-2-8(16)6-15/h4-5,8,16H,1-3,6H2/t8-/m0/s1. The normalized spacial score (nSPS) is 21.6. The summed E-state index contributed by atoms with van der Waals surface area (Å²) >= 11 is 15.2. The van der Waals surface area contributed by atoms with Crippen LogP contribution in [0.25, 0.3) is 0 Å². The minimum Gasteiger partial charge on any atom is -0.392 e. The van der Waals surface area contributed by atoms with Gasteiger partial charge < -0.3 is 5.11 Å². The van der Waals surface area contributed by atoms with E-state index in [0.717, 1.165) is 0 Å². The van der Waals surface area contributed by atoms with Crippen molar-refractivity contribution < 1.29 is 13.5 Å². The van der Waals surface area contributed by atoms with E-state index in [4.69, 9.17) is 23.2 Å². The molecule has 1 aromatic rings. The van der Waals surface area contributed by atoms with Crippen LogP contribution in [-0.4, -0.2) is 37.0 Å². The lowest BCUT2D eigenvalue weighted by Crippen LogP contribution is -2.42. The van der Waals surface area contributed by atoms with Crippen molar-refractivity contribution in [2.24, 2.45) is 0 Å². The average molecular weight is 389 g/mol. The zero-order valence-electron chi connectivity index (χ0n) is 9.81. The summed E-state index contributed by atoms with van der Waals surface area (Å²) in [6.45, 7) is 0.438. The molecule has 19 heavy (non-hydrogen) atoms. The predicted octanol–water partition coefficient (Wildman–Crippen LogP) is 2.90. The molecule has 0 saturated carbocycles. The number of aliphatic hydroxyl groups excluding tert-OH is 1. The average Bonchev–Trinajstić information content (AvgIpc) is 2.26. The maximum atomic E-state index is 12.5. The maximum Gasteiger partial charge on any atom is 0.246 e. The van der Waals surface area contributed by atoms with Crippen LogP contribution in [0.4, 0.5) is 0 Å². The molecule has 0 spiro atoms. The molecule has 1 N–H and O–H groups in total. The highest BCUT2D eigenvalue weighted by Gasteiger charge is 2.32. The molecule has 1 atom stereocenters. The molecule has 1 fully saturated rings. The van der Waals surface area contributed by atoms with Gasteiger partial charge in [0, 0.05) is 17.6 Å². The highest BCUT2D eigenvalue weighted by molar-refractivity contribution is 9.10.